The average molecular weight is 538 g/mol. The third kappa shape index (κ3) is 4.81. The molecule has 7 nitrogen and oxygen atoms in total. The molecule has 0 aliphatic carbocycles. The molecule has 5 rings (SSSR count). The minimum Gasteiger partial charge on any atom is -0.366 e. The quantitative estimate of drug-likeness (QED) is 0.332. The fraction of sp³-hybridized carbons (Fsp3) is 0.111. The summed E-state index contributed by atoms with van der Waals surface area (Å²) in [6, 6.07) is 20.4. The van der Waals surface area contributed by atoms with Crippen molar-refractivity contribution in [3.8, 4) is 11.1 Å². The van der Waals surface area contributed by atoms with Crippen molar-refractivity contribution in [1.29, 1.82) is 0 Å². The van der Waals surface area contributed by atoms with Crippen LogP contribution in [0.4, 0.5) is 15.8 Å². The number of halogens is 2. The van der Waals surface area contributed by atoms with Crippen molar-refractivity contribution in [3.05, 3.63) is 95.3 Å². The van der Waals surface area contributed by atoms with Crippen LogP contribution >= 0.6 is 11.6 Å². The van der Waals surface area contributed by atoms with Gasteiger partial charge in [0.1, 0.15) is 11.9 Å². The highest BCUT2D eigenvalue weighted by molar-refractivity contribution is 7.80. The molecule has 1 aliphatic rings. The van der Waals surface area contributed by atoms with E-state index < -0.39 is 34.9 Å². The summed E-state index contributed by atoms with van der Waals surface area (Å²) in [6.45, 7) is 0.174. The average Bonchev–Trinajstić information content (AvgIpc) is 3.24. The number of benzene rings is 4. The van der Waals surface area contributed by atoms with Gasteiger partial charge in [0.25, 0.3) is 17.2 Å². The SMILES string of the molecule is NC(=O)c1cccc(-c2ccc(N3CCC(N(c4ccc5cc(Cl)ccc5c4)S(=O)O)C3=O)c(F)c2)c1. The number of amides is 2. The number of primary amides is 1. The number of carbonyl (C=O) groups is 2. The maximum absolute atomic E-state index is 15.2. The number of fused-ring (bicyclic) bond motifs is 1. The zero-order chi connectivity index (χ0) is 26.3. The monoisotopic (exact) mass is 537 g/mol. The van der Waals surface area contributed by atoms with Crippen LogP contribution in [0.25, 0.3) is 21.9 Å². The molecule has 37 heavy (non-hydrogen) atoms. The Bertz CT molecular complexity index is 1580. The van der Waals surface area contributed by atoms with Gasteiger partial charge in [0.2, 0.25) is 5.91 Å². The van der Waals surface area contributed by atoms with E-state index in [-0.39, 0.29) is 18.7 Å². The molecule has 10 heteroatoms. The largest absolute Gasteiger partial charge is 0.366 e. The number of nitrogens with zero attached hydrogens (tertiary/aromatic N) is 2. The Morgan fingerprint density at radius 1 is 1.03 bits per heavy atom. The normalized spacial score (nSPS) is 16.2. The fourth-order valence-corrected chi connectivity index (χ4v) is 5.49. The Kier molecular flexibility index (Phi) is 6.68. The van der Waals surface area contributed by atoms with Crippen LogP contribution in [0.3, 0.4) is 0 Å². The summed E-state index contributed by atoms with van der Waals surface area (Å²) < 4.78 is 38.8. The maximum atomic E-state index is 15.2. The first-order valence-corrected chi connectivity index (χ1v) is 12.8. The summed E-state index contributed by atoms with van der Waals surface area (Å²) in [5, 5.41) is 2.21. The molecule has 1 heterocycles. The van der Waals surface area contributed by atoms with Crippen molar-refractivity contribution in [2.45, 2.75) is 12.5 Å². The van der Waals surface area contributed by atoms with E-state index in [1.165, 1.54) is 17.0 Å². The van der Waals surface area contributed by atoms with Gasteiger partial charge in [-0.15, -0.1) is 0 Å². The number of anilines is 2. The molecule has 2 unspecified atom stereocenters. The van der Waals surface area contributed by atoms with Crippen molar-refractivity contribution >= 4 is 56.8 Å². The van der Waals surface area contributed by atoms with E-state index in [2.05, 4.69) is 0 Å². The summed E-state index contributed by atoms with van der Waals surface area (Å²) >= 11 is 3.55. The van der Waals surface area contributed by atoms with Crippen molar-refractivity contribution in [2.24, 2.45) is 5.73 Å². The lowest BCUT2D eigenvalue weighted by Gasteiger charge is -2.26. The van der Waals surface area contributed by atoms with Crippen LogP contribution in [-0.2, 0) is 16.1 Å². The topological polar surface area (TPSA) is 104 Å². The second-order valence-corrected chi connectivity index (χ2v) is 9.93. The molecule has 0 spiro atoms. The van der Waals surface area contributed by atoms with Gasteiger partial charge in [-0.2, -0.15) is 0 Å². The molecular formula is C27H21ClFN3O4S. The molecule has 188 valence electrons. The van der Waals surface area contributed by atoms with Crippen LogP contribution < -0.4 is 14.9 Å². The number of carbonyl (C=O) groups excluding carboxylic acids is 2. The molecule has 0 aromatic heterocycles. The molecule has 2 amide bonds. The minimum absolute atomic E-state index is 0.0686. The van der Waals surface area contributed by atoms with Crippen molar-refractivity contribution in [3.63, 3.8) is 0 Å². The standard InChI is InChI=1S/C27H21ClFN3O4S/c28-21-7-4-18-14-22(8-5-17(18)13-21)32(37(35)36)25-10-11-31(27(25)34)24-9-6-19(15-23(24)29)16-2-1-3-20(12-16)26(30)33/h1-9,12-15,25H,10-11H2,(H2,30,33)(H,35,36). The van der Waals surface area contributed by atoms with Gasteiger partial charge in [-0.1, -0.05) is 41.9 Å². The molecule has 4 aromatic carbocycles. The molecule has 2 atom stereocenters. The second-order valence-electron chi connectivity index (χ2n) is 8.64. The van der Waals surface area contributed by atoms with Gasteiger partial charge in [-0.05, 0) is 76.9 Å². The molecule has 0 radical (unpaired) electrons. The Morgan fingerprint density at radius 2 is 1.76 bits per heavy atom. The first kappa shape index (κ1) is 24.9. The molecule has 0 saturated carbocycles. The third-order valence-electron chi connectivity index (χ3n) is 6.39. The smallest absolute Gasteiger partial charge is 0.262 e. The van der Waals surface area contributed by atoms with Crippen LogP contribution in [0.15, 0.2) is 78.9 Å². The number of nitrogens with two attached hydrogens (primary N) is 1. The van der Waals surface area contributed by atoms with Crippen LogP contribution in [0.1, 0.15) is 16.8 Å². The van der Waals surface area contributed by atoms with Crippen LogP contribution in [-0.4, -0.2) is 33.2 Å². The predicted molar refractivity (Wildman–Crippen MR) is 143 cm³/mol. The summed E-state index contributed by atoms with van der Waals surface area (Å²) in [7, 11) is 0. The van der Waals surface area contributed by atoms with E-state index >= 15 is 4.39 Å². The van der Waals surface area contributed by atoms with Crippen molar-refractivity contribution in [2.75, 3.05) is 15.7 Å². The van der Waals surface area contributed by atoms with Gasteiger partial charge in [-0.25, -0.2) is 8.60 Å². The first-order chi connectivity index (χ1) is 17.7. The molecule has 1 aliphatic heterocycles. The first-order valence-electron chi connectivity index (χ1n) is 11.3. The predicted octanol–water partition coefficient (Wildman–Crippen LogP) is 5.15. The van der Waals surface area contributed by atoms with E-state index in [1.807, 2.05) is 0 Å². The van der Waals surface area contributed by atoms with Gasteiger partial charge in [0.05, 0.1) is 11.4 Å². The number of hydrogen-bond donors (Lipinski definition) is 2. The molecule has 0 bridgehead atoms. The van der Waals surface area contributed by atoms with E-state index in [9.17, 15) is 18.4 Å². The zero-order valence-electron chi connectivity index (χ0n) is 19.3. The highest BCUT2D eigenvalue weighted by Gasteiger charge is 2.40. The maximum Gasteiger partial charge on any atom is 0.262 e. The number of hydrogen-bond acceptors (Lipinski definition) is 3. The lowest BCUT2D eigenvalue weighted by atomic mass is 10.0. The van der Waals surface area contributed by atoms with E-state index in [0.717, 1.165) is 15.1 Å². The van der Waals surface area contributed by atoms with E-state index in [4.69, 9.17) is 17.3 Å². The van der Waals surface area contributed by atoms with Gasteiger partial charge in [0.15, 0.2) is 0 Å². The molecule has 1 saturated heterocycles. The molecule has 1 fully saturated rings. The number of rotatable bonds is 6. The van der Waals surface area contributed by atoms with Crippen molar-refractivity contribution < 1.29 is 22.7 Å². The summed E-state index contributed by atoms with van der Waals surface area (Å²) in [4.78, 5) is 26.1. The van der Waals surface area contributed by atoms with Crippen molar-refractivity contribution in [1.82, 2.24) is 0 Å². The summed E-state index contributed by atoms with van der Waals surface area (Å²) in [5.41, 5.74) is 7.22. The van der Waals surface area contributed by atoms with Gasteiger partial charge in [-0.3, -0.25) is 18.4 Å². The lowest BCUT2D eigenvalue weighted by molar-refractivity contribution is -0.118. The van der Waals surface area contributed by atoms with Crippen LogP contribution in [0, 0.1) is 5.82 Å². The Labute approximate surface area is 219 Å². The summed E-state index contributed by atoms with van der Waals surface area (Å²) in [5.74, 6) is -1.70. The Balaban J connectivity index is 1.43. The lowest BCUT2D eigenvalue weighted by Crippen LogP contribution is -2.43. The van der Waals surface area contributed by atoms with E-state index in [1.54, 1.807) is 66.7 Å². The van der Waals surface area contributed by atoms with Gasteiger partial charge >= 0.3 is 0 Å². The Hall–Kier alpha value is -3.79. The third-order valence-corrected chi connectivity index (χ3v) is 7.42. The van der Waals surface area contributed by atoms with Crippen LogP contribution in [0.2, 0.25) is 5.02 Å². The molecule has 3 N–H and O–H groups in total. The molecular weight excluding hydrogens is 517 g/mol. The Morgan fingerprint density at radius 3 is 2.49 bits per heavy atom. The highest BCUT2D eigenvalue weighted by atomic mass is 35.5. The molecule has 4 aromatic rings. The van der Waals surface area contributed by atoms with Gasteiger partial charge in [0, 0.05) is 17.1 Å². The second kappa shape index (κ2) is 9.93. The minimum atomic E-state index is -2.50. The van der Waals surface area contributed by atoms with Crippen LogP contribution in [0.5, 0.6) is 0 Å². The van der Waals surface area contributed by atoms with Gasteiger partial charge < -0.3 is 10.6 Å². The summed E-state index contributed by atoms with van der Waals surface area (Å²) in [6.07, 6.45) is 0.228. The van der Waals surface area contributed by atoms with E-state index in [0.29, 0.717) is 27.4 Å². The zero-order valence-corrected chi connectivity index (χ0v) is 20.9. The fourth-order valence-electron chi connectivity index (χ4n) is 4.60. The highest BCUT2D eigenvalue weighted by Crippen LogP contribution is 2.34.